The standard InChI is InChI=1S/C11H19N3/c1-3-12-11(9-5-6-9)10-7-13-14(4-2)8-10/h7-9,11-12H,3-6H2,1-2H3. The van der Waals surface area contributed by atoms with E-state index in [1.54, 1.807) is 0 Å². The van der Waals surface area contributed by atoms with Gasteiger partial charge < -0.3 is 5.32 Å². The van der Waals surface area contributed by atoms with Gasteiger partial charge in [0.2, 0.25) is 0 Å². The molecule has 1 aromatic heterocycles. The Labute approximate surface area is 85.5 Å². The summed E-state index contributed by atoms with van der Waals surface area (Å²) in [5.41, 5.74) is 1.36. The molecule has 1 aliphatic rings. The van der Waals surface area contributed by atoms with Crippen molar-refractivity contribution >= 4 is 0 Å². The summed E-state index contributed by atoms with van der Waals surface area (Å²) in [5.74, 6) is 0.851. The van der Waals surface area contributed by atoms with Gasteiger partial charge in [-0.1, -0.05) is 6.92 Å². The largest absolute Gasteiger partial charge is 0.310 e. The first kappa shape index (κ1) is 9.71. The molecule has 0 saturated heterocycles. The Morgan fingerprint density at radius 2 is 2.36 bits per heavy atom. The zero-order valence-corrected chi connectivity index (χ0v) is 9.03. The first-order valence-electron chi connectivity index (χ1n) is 5.60. The van der Waals surface area contributed by atoms with E-state index in [0.29, 0.717) is 6.04 Å². The van der Waals surface area contributed by atoms with E-state index in [4.69, 9.17) is 0 Å². The summed E-state index contributed by atoms with van der Waals surface area (Å²) in [5, 5.41) is 7.87. The Morgan fingerprint density at radius 1 is 1.57 bits per heavy atom. The van der Waals surface area contributed by atoms with Gasteiger partial charge in [0, 0.05) is 24.3 Å². The molecule has 1 aromatic rings. The molecular weight excluding hydrogens is 174 g/mol. The summed E-state index contributed by atoms with van der Waals surface area (Å²) in [4.78, 5) is 0. The number of hydrogen-bond donors (Lipinski definition) is 1. The molecule has 3 nitrogen and oxygen atoms in total. The van der Waals surface area contributed by atoms with E-state index in [9.17, 15) is 0 Å². The minimum atomic E-state index is 0.542. The van der Waals surface area contributed by atoms with Crippen LogP contribution in [0.2, 0.25) is 0 Å². The molecule has 14 heavy (non-hydrogen) atoms. The van der Waals surface area contributed by atoms with Crippen molar-refractivity contribution in [3.8, 4) is 0 Å². The lowest BCUT2D eigenvalue weighted by Crippen LogP contribution is -2.22. The van der Waals surface area contributed by atoms with Gasteiger partial charge in [-0.15, -0.1) is 0 Å². The molecule has 1 aliphatic carbocycles. The van der Waals surface area contributed by atoms with E-state index in [-0.39, 0.29) is 0 Å². The highest BCUT2D eigenvalue weighted by atomic mass is 15.3. The van der Waals surface area contributed by atoms with E-state index >= 15 is 0 Å². The fourth-order valence-corrected chi connectivity index (χ4v) is 1.92. The molecule has 0 amide bonds. The molecule has 1 unspecified atom stereocenters. The van der Waals surface area contributed by atoms with Crippen LogP contribution >= 0.6 is 0 Å². The van der Waals surface area contributed by atoms with E-state index in [1.165, 1.54) is 18.4 Å². The van der Waals surface area contributed by atoms with Crippen molar-refractivity contribution in [2.24, 2.45) is 5.92 Å². The van der Waals surface area contributed by atoms with E-state index < -0.39 is 0 Å². The van der Waals surface area contributed by atoms with Crippen LogP contribution in [-0.4, -0.2) is 16.3 Å². The second-order valence-electron chi connectivity index (χ2n) is 4.00. The fraction of sp³-hybridized carbons (Fsp3) is 0.727. The summed E-state index contributed by atoms with van der Waals surface area (Å²) < 4.78 is 2.00. The molecule has 78 valence electrons. The first-order chi connectivity index (χ1) is 6.85. The molecule has 2 rings (SSSR count). The van der Waals surface area contributed by atoms with Gasteiger partial charge in [-0.2, -0.15) is 5.10 Å². The van der Waals surface area contributed by atoms with Crippen molar-refractivity contribution in [3.05, 3.63) is 18.0 Å². The third-order valence-electron chi connectivity index (χ3n) is 2.85. The molecule has 1 N–H and O–H groups in total. The van der Waals surface area contributed by atoms with Crippen LogP contribution in [0.3, 0.4) is 0 Å². The summed E-state index contributed by atoms with van der Waals surface area (Å²) in [6.45, 7) is 6.29. The number of nitrogens with zero attached hydrogens (tertiary/aromatic N) is 2. The molecule has 0 aliphatic heterocycles. The smallest absolute Gasteiger partial charge is 0.0537 e. The quantitative estimate of drug-likeness (QED) is 0.774. The van der Waals surface area contributed by atoms with Gasteiger partial charge in [-0.3, -0.25) is 4.68 Å². The number of rotatable bonds is 5. The number of nitrogens with one attached hydrogen (secondary N) is 1. The monoisotopic (exact) mass is 193 g/mol. The van der Waals surface area contributed by atoms with Gasteiger partial charge >= 0.3 is 0 Å². The van der Waals surface area contributed by atoms with Crippen LogP contribution in [0.25, 0.3) is 0 Å². The zero-order chi connectivity index (χ0) is 9.97. The lowest BCUT2D eigenvalue weighted by atomic mass is 10.1. The van der Waals surface area contributed by atoms with Crippen LogP contribution in [0, 0.1) is 5.92 Å². The Morgan fingerprint density at radius 3 is 2.86 bits per heavy atom. The molecule has 0 radical (unpaired) electrons. The van der Waals surface area contributed by atoms with Crippen molar-refractivity contribution in [3.63, 3.8) is 0 Å². The highest BCUT2D eigenvalue weighted by Gasteiger charge is 2.32. The van der Waals surface area contributed by atoms with Crippen molar-refractivity contribution in [2.75, 3.05) is 6.54 Å². The molecule has 0 aromatic carbocycles. The molecular formula is C11H19N3. The second-order valence-corrected chi connectivity index (χ2v) is 4.00. The summed E-state index contributed by atoms with van der Waals surface area (Å²) in [6, 6.07) is 0.542. The maximum Gasteiger partial charge on any atom is 0.0537 e. The average molecular weight is 193 g/mol. The van der Waals surface area contributed by atoms with Crippen molar-refractivity contribution in [1.82, 2.24) is 15.1 Å². The normalized spacial score (nSPS) is 18.4. The van der Waals surface area contributed by atoms with Crippen LogP contribution in [-0.2, 0) is 6.54 Å². The average Bonchev–Trinajstić information content (AvgIpc) is 2.92. The topological polar surface area (TPSA) is 29.9 Å². The van der Waals surface area contributed by atoms with Gasteiger partial charge in [-0.05, 0) is 32.2 Å². The maximum absolute atomic E-state index is 4.32. The first-order valence-corrected chi connectivity index (χ1v) is 5.60. The van der Waals surface area contributed by atoms with Gasteiger partial charge in [0.1, 0.15) is 0 Å². The third-order valence-corrected chi connectivity index (χ3v) is 2.85. The van der Waals surface area contributed by atoms with E-state index in [0.717, 1.165) is 19.0 Å². The van der Waals surface area contributed by atoms with Crippen molar-refractivity contribution in [1.29, 1.82) is 0 Å². The summed E-state index contributed by atoms with van der Waals surface area (Å²) >= 11 is 0. The fourth-order valence-electron chi connectivity index (χ4n) is 1.92. The SMILES string of the molecule is CCNC(c1cnn(CC)c1)C1CC1. The molecule has 0 spiro atoms. The van der Waals surface area contributed by atoms with Crippen LogP contribution < -0.4 is 5.32 Å². The van der Waals surface area contributed by atoms with Gasteiger partial charge in [0.05, 0.1) is 6.20 Å². The zero-order valence-electron chi connectivity index (χ0n) is 9.03. The lowest BCUT2D eigenvalue weighted by molar-refractivity contribution is 0.495. The van der Waals surface area contributed by atoms with E-state index in [2.05, 4.69) is 30.5 Å². The van der Waals surface area contributed by atoms with Crippen LogP contribution in [0.15, 0.2) is 12.4 Å². The van der Waals surface area contributed by atoms with Gasteiger partial charge in [-0.25, -0.2) is 0 Å². The Bertz CT molecular complexity index is 288. The summed E-state index contributed by atoms with van der Waals surface area (Å²) in [7, 11) is 0. The highest BCUT2D eigenvalue weighted by Crippen LogP contribution is 2.40. The van der Waals surface area contributed by atoms with Crippen LogP contribution in [0.4, 0.5) is 0 Å². The molecule has 1 heterocycles. The Kier molecular flexibility index (Phi) is 2.87. The molecule has 1 atom stereocenters. The number of hydrogen-bond acceptors (Lipinski definition) is 2. The Hall–Kier alpha value is -0.830. The highest BCUT2D eigenvalue weighted by molar-refractivity contribution is 5.14. The number of aryl methyl sites for hydroxylation is 1. The molecule has 0 bridgehead atoms. The Balaban J connectivity index is 2.08. The predicted octanol–water partition coefficient (Wildman–Crippen LogP) is 1.96. The molecule has 1 saturated carbocycles. The van der Waals surface area contributed by atoms with Gasteiger partial charge in [0.25, 0.3) is 0 Å². The minimum Gasteiger partial charge on any atom is -0.310 e. The van der Waals surface area contributed by atoms with Crippen molar-refractivity contribution < 1.29 is 0 Å². The van der Waals surface area contributed by atoms with E-state index in [1.807, 2.05) is 10.9 Å². The lowest BCUT2D eigenvalue weighted by Gasteiger charge is -2.14. The second kappa shape index (κ2) is 4.13. The maximum atomic E-state index is 4.32. The molecule has 3 heteroatoms. The van der Waals surface area contributed by atoms with Crippen molar-refractivity contribution in [2.45, 2.75) is 39.3 Å². The number of aromatic nitrogens is 2. The van der Waals surface area contributed by atoms with Gasteiger partial charge in [0.15, 0.2) is 0 Å². The van der Waals surface area contributed by atoms with Crippen LogP contribution in [0.1, 0.15) is 38.3 Å². The van der Waals surface area contributed by atoms with Crippen LogP contribution in [0.5, 0.6) is 0 Å². The molecule has 1 fully saturated rings. The minimum absolute atomic E-state index is 0.542. The summed E-state index contributed by atoms with van der Waals surface area (Å²) in [6.07, 6.45) is 6.92. The predicted molar refractivity (Wildman–Crippen MR) is 57.0 cm³/mol. The third kappa shape index (κ3) is 1.98.